The molecule has 0 aliphatic carbocycles. The number of ether oxygens (including phenoxy) is 2. The fraction of sp³-hybridized carbons (Fsp3) is 0.600. The number of rotatable bonds is 5. The van der Waals surface area contributed by atoms with E-state index in [-0.39, 0.29) is 0 Å². The number of nitrogens with zero attached hydrogens (tertiary/aromatic N) is 1. The molecule has 128 valence electrons. The van der Waals surface area contributed by atoms with Crippen molar-refractivity contribution in [2.75, 3.05) is 13.2 Å². The van der Waals surface area contributed by atoms with Crippen molar-refractivity contribution in [2.24, 2.45) is 0 Å². The summed E-state index contributed by atoms with van der Waals surface area (Å²) in [6.07, 6.45) is 2.48. The Bertz CT molecular complexity index is 518. The van der Waals surface area contributed by atoms with Crippen molar-refractivity contribution in [2.45, 2.75) is 45.3 Å². The van der Waals surface area contributed by atoms with Gasteiger partial charge in [0.2, 0.25) is 0 Å². The monoisotopic (exact) mass is 327 g/mol. The fourth-order valence-corrected chi connectivity index (χ4v) is 2.08. The molecule has 1 amide bonds. The number of carbonyl (C=O) groups excluding carboxylic acids is 3. The summed E-state index contributed by atoms with van der Waals surface area (Å²) in [5.41, 5.74) is -0.650. The van der Waals surface area contributed by atoms with Crippen LogP contribution < -0.4 is 0 Å². The topological polar surface area (TPSA) is 110 Å². The highest BCUT2D eigenvalue weighted by Crippen LogP contribution is 2.21. The van der Waals surface area contributed by atoms with Crippen molar-refractivity contribution in [3.05, 3.63) is 12.2 Å². The van der Waals surface area contributed by atoms with Crippen molar-refractivity contribution < 1.29 is 33.8 Å². The van der Waals surface area contributed by atoms with E-state index in [2.05, 4.69) is 4.74 Å². The molecule has 0 aromatic rings. The van der Waals surface area contributed by atoms with Gasteiger partial charge in [0.05, 0.1) is 0 Å². The summed E-state index contributed by atoms with van der Waals surface area (Å²) in [4.78, 5) is 47.0. The first kappa shape index (κ1) is 18.7. The highest BCUT2D eigenvalue weighted by Gasteiger charge is 2.37. The van der Waals surface area contributed by atoms with Gasteiger partial charge < -0.3 is 19.5 Å². The number of hydrogen-bond acceptors (Lipinski definition) is 6. The van der Waals surface area contributed by atoms with E-state index >= 15 is 0 Å². The predicted octanol–water partition coefficient (Wildman–Crippen LogP) is 0.503. The maximum atomic E-state index is 12.1. The standard InChI is InChI=1S/C15H21NO7/c1-15(2,3)23-14(21)10-5-4-8-16(10)11(17)9-22-13(20)7-6-12(18)19/h6-7,10H,4-5,8-9H2,1-3H3,(H,18,19)/b7-6+/t10-/m0/s1. The Morgan fingerprint density at radius 2 is 1.87 bits per heavy atom. The van der Waals surface area contributed by atoms with Gasteiger partial charge in [0.15, 0.2) is 6.61 Å². The van der Waals surface area contributed by atoms with Gasteiger partial charge in [-0.1, -0.05) is 0 Å². The van der Waals surface area contributed by atoms with Gasteiger partial charge in [-0.2, -0.15) is 0 Å². The highest BCUT2D eigenvalue weighted by molar-refractivity contribution is 5.92. The molecule has 1 atom stereocenters. The third-order valence-corrected chi connectivity index (χ3v) is 2.95. The van der Waals surface area contributed by atoms with Crippen LogP contribution in [0.2, 0.25) is 0 Å². The molecule has 0 unspecified atom stereocenters. The zero-order valence-corrected chi connectivity index (χ0v) is 13.4. The molecule has 23 heavy (non-hydrogen) atoms. The van der Waals surface area contributed by atoms with Gasteiger partial charge in [0.25, 0.3) is 5.91 Å². The van der Waals surface area contributed by atoms with E-state index in [9.17, 15) is 19.2 Å². The third kappa shape index (κ3) is 6.50. The van der Waals surface area contributed by atoms with Gasteiger partial charge in [0.1, 0.15) is 11.6 Å². The number of amides is 1. The van der Waals surface area contributed by atoms with E-state index in [0.29, 0.717) is 31.5 Å². The summed E-state index contributed by atoms with van der Waals surface area (Å²) in [5.74, 6) is -3.23. The van der Waals surface area contributed by atoms with Gasteiger partial charge >= 0.3 is 17.9 Å². The lowest BCUT2D eigenvalue weighted by molar-refractivity contribution is -0.164. The van der Waals surface area contributed by atoms with Crippen molar-refractivity contribution in [1.29, 1.82) is 0 Å². The molecule has 1 N–H and O–H groups in total. The molecule has 0 bridgehead atoms. The van der Waals surface area contributed by atoms with Crippen LogP contribution in [-0.2, 0) is 28.7 Å². The van der Waals surface area contributed by atoms with Crippen molar-refractivity contribution >= 4 is 23.8 Å². The first-order valence-corrected chi connectivity index (χ1v) is 7.20. The van der Waals surface area contributed by atoms with Crippen molar-refractivity contribution in [1.82, 2.24) is 4.90 Å². The number of carbonyl (C=O) groups is 4. The quantitative estimate of drug-likeness (QED) is 0.578. The maximum absolute atomic E-state index is 12.1. The van der Waals surface area contributed by atoms with E-state index in [0.717, 1.165) is 0 Å². The summed E-state index contributed by atoms with van der Waals surface area (Å²) in [6, 6.07) is -0.685. The molecule has 1 aliphatic heterocycles. The van der Waals surface area contributed by atoms with Crippen LogP contribution in [0, 0.1) is 0 Å². The minimum atomic E-state index is -1.29. The van der Waals surface area contributed by atoms with Crippen LogP contribution in [0.25, 0.3) is 0 Å². The summed E-state index contributed by atoms with van der Waals surface area (Å²) in [7, 11) is 0. The molecule has 1 heterocycles. The molecular formula is C15H21NO7. The second-order valence-electron chi connectivity index (χ2n) is 6.06. The number of carboxylic acid groups (broad SMARTS) is 1. The smallest absolute Gasteiger partial charge is 0.331 e. The van der Waals surface area contributed by atoms with E-state index in [4.69, 9.17) is 9.84 Å². The van der Waals surface area contributed by atoms with E-state index in [1.807, 2.05) is 0 Å². The number of aliphatic carboxylic acids is 1. The number of carboxylic acids is 1. The van der Waals surface area contributed by atoms with Gasteiger partial charge in [-0.3, -0.25) is 4.79 Å². The number of hydrogen-bond donors (Lipinski definition) is 1. The van der Waals surface area contributed by atoms with Crippen LogP contribution in [0.3, 0.4) is 0 Å². The first-order chi connectivity index (χ1) is 10.6. The average Bonchev–Trinajstić information content (AvgIpc) is 2.90. The lowest BCUT2D eigenvalue weighted by Gasteiger charge is -2.27. The zero-order chi connectivity index (χ0) is 17.6. The largest absolute Gasteiger partial charge is 0.478 e. The van der Waals surface area contributed by atoms with Gasteiger partial charge in [0, 0.05) is 18.7 Å². The van der Waals surface area contributed by atoms with E-state index < -0.39 is 42.1 Å². The van der Waals surface area contributed by atoms with Crippen LogP contribution in [0.5, 0.6) is 0 Å². The second-order valence-corrected chi connectivity index (χ2v) is 6.06. The maximum Gasteiger partial charge on any atom is 0.331 e. The molecule has 8 heteroatoms. The molecule has 0 spiro atoms. The minimum absolute atomic E-state index is 0.380. The molecule has 0 radical (unpaired) electrons. The van der Waals surface area contributed by atoms with Gasteiger partial charge in [-0.15, -0.1) is 0 Å². The molecule has 1 fully saturated rings. The molecule has 1 aliphatic rings. The van der Waals surface area contributed by atoms with Gasteiger partial charge in [-0.05, 0) is 33.6 Å². The Kier molecular flexibility index (Phi) is 6.29. The zero-order valence-electron chi connectivity index (χ0n) is 13.4. The van der Waals surface area contributed by atoms with Crippen molar-refractivity contribution in [3.63, 3.8) is 0 Å². The Morgan fingerprint density at radius 1 is 1.22 bits per heavy atom. The SMILES string of the molecule is CC(C)(C)OC(=O)[C@@H]1CCCN1C(=O)COC(=O)/C=C/C(=O)O. The molecule has 0 aromatic carbocycles. The lowest BCUT2D eigenvalue weighted by Crippen LogP contribution is -2.45. The molecule has 0 saturated carbocycles. The lowest BCUT2D eigenvalue weighted by atomic mass is 10.1. The molecule has 8 nitrogen and oxygen atoms in total. The Labute approximate surface area is 134 Å². The van der Waals surface area contributed by atoms with Crippen LogP contribution in [0.15, 0.2) is 12.2 Å². The minimum Gasteiger partial charge on any atom is -0.478 e. The second kappa shape index (κ2) is 7.75. The molecule has 1 rings (SSSR count). The van der Waals surface area contributed by atoms with Crippen LogP contribution in [-0.4, -0.2) is 58.6 Å². The summed E-state index contributed by atoms with van der Waals surface area (Å²) < 4.78 is 9.94. The van der Waals surface area contributed by atoms with E-state index in [1.165, 1.54) is 4.90 Å². The fourth-order valence-electron chi connectivity index (χ4n) is 2.08. The van der Waals surface area contributed by atoms with Crippen LogP contribution >= 0.6 is 0 Å². The number of likely N-dealkylation sites (tertiary alicyclic amines) is 1. The Morgan fingerprint density at radius 3 is 2.43 bits per heavy atom. The van der Waals surface area contributed by atoms with E-state index in [1.54, 1.807) is 20.8 Å². The highest BCUT2D eigenvalue weighted by atomic mass is 16.6. The normalized spacial score (nSPS) is 18.0. The van der Waals surface area contributed by atoms with Gasteiger partial charge in [-0.25, -0.2) is 14.4 Å². The van der Waals surface area contributed by atoms with Crippen LogP contribution in [0.1, 0.15) is 33.6 Å². The third-order valence-electron chi connectivity index (χ3n) is 2.95. The summed E-state index contributed by atoms with van der Waals surface area (Å²) >= 11 is 0. The van der Waals surface area contributed by atoms with Crippen molar-refractivity contribution in [3.8, 4) is 0 Å². The average molecular weight is 327 g/mol. The molecule has 1 saturated heterocycles. The van der Waals surface area contributed by atoms with Crippen LogP contribution in [0.4, 0.5) is 0 Å². The number of esters is 2. The molecule has 0 aromatic heterocycles. The molecular weight excluding hydrogens is 306 g/mol. The summed E-state index contributed by atoms with van der Waals surface area (Å²) in [6.45, 7) is 5.04. The summed E-state index contributed by atoms with van der Waals surface area (Å²) in [5, 5.41) is 8.38. The first-order valence-electron chi connectivity index (χ1n) is 7.20. The Hall–Kier alpha value is -2.38. The Balaban J connectivity index is 2.56. The predicted molar refractivity (Wildman–Crippen MR) is 78.3 cm³/mol.